The third-order valence-electron chi connectivity index (χ3n) is 3.51. The molecule has 0 unspecified atom stereocenters. The number of nitrogens with one attached hydrogen (secondary N) is 2. The second-order valence-corrected chi connectivity index (χ2v) is 8.52. The minimum atomic E-state index is -3.41. The van der Waals surface area contributed by atoms with Crippen LogP contribution in [-0.2, 0) is 21.2 Å². The van der Waals surface area contributed by atoms with Gasteiger partial charge in [-0.1, -0.05) is 12.1 Å². The molecular weight excluding hydrogens is 314 g/mol. The van der Waals surface area contributed by atoms with Crippen molar-refractivity contribution >= 4 is 15.9 Å². The zero-order chi connectivity index (χ0) is 17.1. The van der Waals surface area contributed by atoms with Gasteiger partial charge < -0.3 is 11.1 Å². The quantitative estimate of drug-likeness (QED) is 0.655. The average Bonchev–Trinajstić information content (AvgIpc) is 3.26. The molecule has 0 aromatic heterocycles. The van der Waals surface area contributed by atoms with Crippen molar-refractivity contribution in [3.05, 3.63) is 29.8 Å². The molecule has 0 radical (unpaired) electrons. The third kappa shape index (κ3) is 6.29. The van der Waals surface area contributed by atoms with E-state index in [9.17, 15) is 13.2 Å². The highest BCUT2D eigenvalue weighted by atomic mass is 32.2. The van der Waals surface area contributed by atoms with E-state index in [-0.39, 0.29) is 16.8 Å². The molecule has 7 heteroatoms. The Bertz CT molecular complexity index is 644. The van der Waals surface area contributed by atoms with Gasteiger partial charge in [-0.2, -0.15) is 0 Å². The Morgan fingerprint density at radius 1 is 1.26 bits per heavy atom. The zero-order valence-electron chi connectivity index (χ0n) is 13.6. The molecule has 0 saturated heterocycles. The lowest BCUT2D eigenvalue weighted by molar-refractivity contribution is -0.121. The molecule has 0 aliphatic heterocycles. The Morgan fingerprint density at radius 3 is 2.39 bits per heavy atom. The van der Waals surface area contributed by atoms with E-state index in [4.69, 9.17) is 5.73 Å². The first-order valence-corrected chi connectivity index (χ1v) is 9.31. The topological polar surface area (TPSA) is 101 Å². The standard InChI is InChI=1S/C16H25N3O3S/c1-16(2,17)11-18-15(20)10-5-12-3-8-14(9-4-12)23(21,22)19-13-6-7-13/h3-4,8-9,13,19H,5-7,10-11,17H2,1-2H3,(H,18,20). The molecule has 1 amide bonds. The lowest BCUT2D eigenvalue weighted by atomic mass is 10.1. The fraction of sp³-hybridized carbons (Fsp3) is 0.562. The molecule has 1 fully saturated rings. The lowest BCUT2D eigenvalue weighted by Crippen LogP contribution is -2.45. The maximum atomic E-state index is 12.1. The Morgan fingerprint density at radius 2 is 1.87 bits per heavy atom. The van der Waals surface area contributed by atoms with Crippen molar-refractivity contribution in [1.82, 2.24) is 10.0 Å². The largest absolute Gasteiger partial charge is 0.354 e. The molecule has 0 heterocycles. The van der Waals surface area contributed by atoms with Crippen molar-refractivity contribution in [2.45, 2.75) is 56.0 Å². The molecule has 4 N–H and O–H groups in total. The molecule has 1 aromatic carbocycles. The summed E-state index contributed by atoms with van der Waals surface area (Å²) in [5, 5.41) is 2.79. The van der Waals surface area contributed by atoms with Gasteiger partial charge in [0.2, 0.25) is 15.9 Å². The third-order valence-corrected chi connectivity index (χ3v) is 5.05. The Labute approximate surface area is 137 Å². The summed E-state index contributed by atoms with van der Waals surface area (Å²) in [7, 11) is -3.41. The molecule has 1 aliphatic carbocycles. The summed E-state index contributed by atoms with van der Waals surface area (Å²) < 4.78 is 26.7. The first kappa shape index (κ1) is 17.9. The number of hydrogen-bond acceptors (Lipinski definition) is 4. The summed E-state index contributed by atoms with van der Waals surface area (Å²) in [6.07, 6.45) is 2.73. The maximum absolute atomic E-state index is 12.1. The highest BCUT2D eigenvalue weighted by Gasteiger charge is 2.27. The van der Waals surface area contributed by atoms with E-state index in [0.717, 1.165) is 18.4 Å². The van der Waals surface area contributed by atoms with Crippen molar-refractivity contribution in [1.29, 1.82) is 0 Å². The van der Waals surface area contributed by atoms with Crippen molar-refractivity contribution in [3.8, 4) is 0 Å². The summed E-state index contributed by atoms with van der Waals surface area (Å²) in [5.41, 5.74) is 6.31. The monoisotopic (exact) mass is 339 g/mol. The van der Waals surface area contributed by atoms with Crippen LogP contribution < -0.4 is 15.8 Å². The van der Waals surface area contributed by atoms with Crippen LogP contribution in [0, 0.1) is 0 Å². The van der Waals surface area contributed by atoms with Gasteiger partial charge in [-0.25, -0.2) is 13.1 Å². The van der Waals surface area contributed by atoms with Gasteiger partial charge >= 0.3 is 0 Å². The number of rotatable bonds is 8. The van der Waals surface area contributed by atoms with Crippen molar-refractivity contribution in [3.63, 3.8) is 0 Å². The Hall–Kier alpha value is -1.44. The molecule has 23 heavy (non-hydrogen) atoms. The number of benzene rings is 1. The molecular formula is C16H25N3O3S. The lowest BCUT2D eigenvalue weighted by Gasteiger charge is -2.18. The molecule has 0 bridgehead atoms. The van der Waals surface area contributed by atoms with E-state index in [1.807, 2.05) is 13.8 Å². The van der Waals surface area contributed by atoms with Gasteiger partial charge in [0.25, 0.3) is 0 Å². The number of aryl methyl sites for hydroxylation is 1. The van der Waals surface area contributed by atoms with Crippen LogP contribution in [0.1, 0.15) is 38.7 Å². The first-order chi connectivity index (χ1) is 10.7. The molecule has 0 atom stereocenters. The molecule has 2 rings (SSSR count). The SMILES string of the molecule is CC(C)(N)CNC(=O)CCc1ccc(S(=O)(=O)NC2CC2)cc1. The summed E-state index contributed by atoms with van der Waals surface area (Å²) in [6, 6.07) is 6.76. The highest BCUT2D eigenvalue weighted by Crippen LogP contribution is 2.22. The summed E-state index contributed by atoms with van der Waals surface area (Å²) in [6.45, 7) is 4.13. The summed E-state index contributed by atoms with van der Waals surface area (Å²) in [4.78, 5) is 12.0. The predicted molar refractivity (Wildman–Crippen MR) is 89.4 cm³/mol. The second-order valence-electron chi connectivity index (χ2n) is 6.80. The van der Waals surface area contributed by atoms with Crippen LogP contribution in [0.15, 0.2) is 29.2 Å². The highest BCUT2D eigenvalue weighted by molar-refractivity contribution is 7.89. The van der Waals surface area contributed by atoms with E-state index in [1.165, 1.54) is 0 Å². The van der Waals surface area contributed by atoms with E-state index >= 15 is 0 Å². The average molecular weight is 339 g/mol. The molecule has 1 aromatic rings. The Kier molecular flexibility index (Phi) is 5.44. The van der Waals surface area contributed by atoms with Crippen LogP contribution in [0.2, 0.25) is 0 Å². The molecule has 1 aliphatic rings. The van der Waals surface area contributed by atoms with Crippen LogP contribution in [0.3, 0.4) is 0 Å². The Balaban J connectivity index is 1.84. The minimum absolute atomic E-state index is 0.0596. The molecule has 1 saturated carbocycles. The van der Waals surface area contributed by atoms with Gasteiger partial charge in [0.05, 0.1) is 4.90 Å². The van der Waals surface area contributed by atoms with Crippen LogP contribution >= 0.6 is 0 Å². The fourth-order valence-corrected chi connectivity index (χ4v) is 3.30. The number of hydrogen-bond donors (Lipinski definition) is 3. The van der Waals surface area contributed by atoms with Gasteiger partial charge in [-0.3, -0.25) is 4.79 Å². The van der Waals surface area contributed by atoms with Crippen LogP contribution in [0.4, 0.5) is 0 Å². The normalized spacial score (nSPS) is 15.4. The minimum Gasteiger partial charge on any atom is -0.354 e. The van der Waals surface area contributed by atoms with Crippen LogP contribution in [0.5, 0.6) is 0 Å². The molecule has 0 spiro atoms. The van der Waals surface area contributed by atoms with E-state index in [0.29, 0.717) is 19.4 Å². The zero-order valence-corrected chi connectivity index (χ0v) is 14.4. The van der Waals surface area contributed by atoms with Crippen molar-refractivity contribution in [2.24, 2.45) is 5.73 Å². The van der Waals surface area contributed by atoms with E-state index in [1.54, 1.807) is 24.3 Å². The van der Waals surface area contributed by atoms with E-state index < -0.39 is 15.6 Å². The van der Waals surface area contributed by atoms with Gasteiger partial charge in [-0.05, 0) is 50.8 Å². The smallest absolute Gasteiger partial charge is 0.240 e. The number of carbonyl (C=O) groups excluding carboxylic acids is 1. The number of sulfonamides is 1. The predicted octanol–water partition coefficient (Wildman–Crippen LogP) is 0.913. The van der Waals surface area contributed by atoms with Crippen molar-refractivity contribution < 1.29 is 13.2 Å². The number of amides is 1. The van der Waals surface area contributed by atoms with Crippen molar-refractivity contribution in [2.75, 3.05) is 6.54 Å². The van der Waals surface area contributed by atoms with Crippen LogP contribution in [-0.4, -0.2) is 32.5 Å². The fourth-order valence-electron chi connectivity index (χ4n) is 2.00. The summed E-state index contributed by atoms with van der Waals surface area (Å²) >= 11 is 0. The number of nitrogens with two attached hydrogens (primary N) is 1. The van der Waals surface area contributed by atoms with Gasteiger partial charge in [0.15, 0.2) is 0 Å². The van der Waals surface area contributed by atoms with Crippen LogP contribution in [0.25, 0.3) is 0 Å². The number of carbonyl (C=O) groups is 1. The summed E-state index contributed by atoms with van der Waals surface area (Å²) in [5.74, 6) is -0.0596. The maximum Gasteiger partial charge on any atom is 0.240 e. The van der Waals surface area contributed by atoms with Gasteiger partial charge in [-0.15, -0.1) is 0 Å². The van der Waals surface area contributed by atoms with Gasteiger partial charge in [0, 0.05) is 24.5 Å². The first-order valence-electron chi connectivity index (χ1n) is 7.83. The van der Waals surface area contributed by atoms with E-state index in [2.05, 4.69) is 10.0 Å². The molecule has 128 valence electrons. The molecule has 6 nitrogen and oxygen atoms in total. The second kappa shape index (κ2) is 6.98. The van der Waals surface area contributed by atoms with Gasteiger partial charge in [0.1, 0.15) is 0 Å².